The Morgan fingerprint density at radius 3 is 2.94 bits per heavy atom. The second-order valence-corrected chi connectivity index (χ2v) is 4.73. The highest BCUT2D eigenvalue weighted by Gasteiger charge is 2.33. The van der Waals surface area contributed by atoms with Crippen molar-refractivity contribution < 1.29 is 0 Å². The fourth-order valence-electron chi connectivity index (χ4n) is 2.59. The van der Waals surface area contributed by atoms with Crippen molar-refractivity contribution in [2.24, 2.45) is 5.92 Å². The molecule has 1 fully saturated rings. The van der Waals surface area contributed by atoms with Gasteiger partial charge in [0.25, 0.3) is 0 Å². The van der Waals surface area contributed by atoms with Gasteiger partial charge in [0.2, 0.25) is 0 Å². The van der Waals surface area contributed by atoms with Gasteiger partial charge in [0.05, 0.1) is 0 Å². The van der Waals surface area contributed by atoms with E-state index in [1.165, 1.54) is 31.5 Å². The third-order valence-corrected chi connectivity index (χ3v) is 3.64. The second-order valence-electron chi connectivity index (χ2n) is 4.73. The van der Waals surface area contributed by atoms with Gasteiger partial charge in [0.1, 0.15) is 0 Å². The van der Waals surface area contributed by atoms with Crippen LogP contribution in [0, 0.1) is 5.92 Å². The SMILES string of the molecule is CCCn1nccc1C1CCC1CNCC. The van der Waals surface area contributed by atoms with Gasteiger partial charge in [0.15, 0.2) is 0 Å². The molecule has 3 nitrogen and oxygen atoms in total. The molecular weight excluding hydrogens is 198 g/mol. The van der Waals surface area contributed by atoms with Crippen molar-refractivity contribution in [1.29, 1.82) is 0 Å². The van der Waals surface area contributed by atoms with E-state index in [1.54, 1.807) is 0 Å². The van der Waals surface area contributed by atoms with Crippen LogP contribution in [0.2, 0.25) is 0 Å². The van der Waals surface area contributed by atoms with Crippen LogP contribution in [-0.4, -0.2) is 22.9 Å². The number of aromatic nitrogens is 2. The van der Waals surface area contributed by atoms with Crippen LogP contribution in [0.25, 0.3) is 0 Å². The van der Waals surface area contributed by atoms with Crippen molar-refractivity contribution in [1.82, 2.24) is 15.1 Å². The maximum absolute atomic E-state index is 4.42. The lowest BCUT2D eigenvalue weighted by molar-refractivity contribution is 0.234. The molecule has 0 aliphatic heterocycles. The number of hydrogen-bond acceptors (Lipinski definition) is 2. The summed E-state index contributed by atoms with van der Waals surface area (Å²) in [5, 5.41) is 7.88. The van der Waals surface area contributed by atoms with Gasteiger partial charge >= 0.3 is 0 Å². The van der Waals surface area contributed by atoms with E-state index in [9.17, 15) is 0 Å². The van der Waals surface area contributed by atoms with Gasteiger partial charge in [-0.05, 0) is 44.3 Å². The van der Waals surface area contributed by atoms with E-state index in [4.69, 9.17) is 0 Å². The third-order valence-electron chi connectivity index (χ3n) is 3.64. The van der Waals surface area contributed by atoms with E-state index in [2.05, 4.69) is 35.0 Å². The largest absolute Gasteiger partial charge is 0.317 e. The van der Waals surface area contributed by atoms with Crippen molar-refractivity contribution >= 4 is 0 Å². The molecular formula is C13H23N3. The molecule has 0 aromatic carbocycles. The van der Waals surface area contributed by atoms with Gasteiger partial charge in [-0.1, -0.05) is 13.8 Å². The molecule has 1 N–H and O–H groups in total. The van der Waals surface area contributed by atoms with Crippen LogP contribution < -0.4 is 5.32 Å². The number of aryl methyl sites for hydroxylation is 1. The summed E-state index contributed by atoms with van der Waals surface area (Å²) in [5.74, 6) is 1.57. The first-order chi connectivity index (χ1) is 7.86. The highest BCUT2D eigenvalue weighted by Crippen LogP contribution is 2.41. The minimum atomic E-state index is 0.744. The molecule has 0 spiro atoms. The Bertz CT molecular complexity index is 319. The Balaban J connectivity index is 1.98. The van der Waals surface area contributed by atoms with E-state index in [0.29, 0.717) is 0 Å². The lowest BCUT2D eigenvalue weighted by atomic mass is 9.71. The van der Waals surface area contributed by atoms with Crippen LogP contribution in [0.5, 0.6) is 0 Å². The summed E-state index contributed by atoms with van der Waals surface area (Å²) < 4.78 is 2.20. The Hall–Kier alpha value is -0.830. The van der Waals surface area contributed by atoms with Crippen molar-refractivity contribution in [3.05, 3.63) is 18.0 Å². The van der Waals surface area contributed by atoms with Crippen molar-refractivity contribution in [3.63, 3.8) is 0 Å². The molecule has 1 aliphatic carbocycles. The molecule has 0 amide bonds. The molecule has 2 rings (SSSR count). The monoisotopic (exact) mass is 221 g/mol. The zero-order valence-corrected chi connectivity index (χ0v) is 10.4. The summed E-state index contributed by atoms with van der Waals surface area (Å²) in [4.78, 5) is 0. The minimum Gasteiger partial charge on any atom is -0.317 e. The fraction of sp³-hybridized carbons (Fsp3) is 0.769. The molecule has 1 heterocycles. The molecule has 0 radical (unpaired) electrons. The van der Waals surface area contributed by atoms with Crippen molar-refractivity contribution in [2.75, 3.05) is 13.1 Å². The second kappa shape index (κ2) is 5.48. The van der Waals surface area contributed by atoms with E-state index in [1.807, 2.05) is 6.20 Å². The minimum absolute atomic E-state index is 0.744. The van der Waals surface area contributed by atoms with Gasteiger partial charge in [-0.3, -0.25) is 4.68 Å². The predicted molar refractivity (Wildman–Crippen MR) is 66.5 cm³/mol. The van der Waals surface area contributed by atoms with Crippen LogP contribution in [0.4, 0.5) is 0 Å². The first-order valence-electron chi connectivity index (χ1n) is 6.59. The normalized spacial score (nSPS) is 24.4. The highest BCUT2D eigenvalue weighted by molar-refractivity contribution is 5.13. The molecule has 1 aliphatic rings. The third kappa shape index (κ3) is 2.29. The summed E-state index contributed by atoms with van der Waals surface area (Å²) in [6.07, 6.45) is 5.83. The van der Waals surface area contributed by atoms with Gasteiger partial charge in [-0.2, -0.15) is 5.10 Å². The Labute approximate surface area is 98.2 Å². The summed E-state index contributed by atoms with van der Waals surface area (Å²) in [5.41, 5.74) is 1.45. The lowest BCUT2D eigenvalue weighted by Gasteiger charge is -2.37. The van der Waals surface area contributed by atoms with Crippen molar-refractivity contribution in [2.45, 2.75) is 45.6 Å². The van der Waals surface area contributed by atoms with Gasteiger partial charge in [0, 0.05) is 24.4 Å². The Morgan fingerprint density at radius 2 is 2.31 bits per heavy atom. The average Bonchev–Trinajstić information content (AvgIpc) is 2.66. The molecule has 1 aromatic heterocycles. The van der Waals surface area contributed by atoms with Crippen LogP contribution in [0.3, 0.4) is 0 Å². The summed E-state index contributed by atoms with van der Waals surface area (Å²) in [7, 11) is 0. The number of hydrogen-bond donors (Lipinski definition) is 1. The highest BCUT2D eigenvalue weighted by atomic mass is 15.3. The maximum atomic E-state index is 4.42. The number of nitrogens with one attached hydrogen (secondary N) is 1. The molecule has 0 saturated heterocycles. The molecule has 0 bridgehead atoms. The quantitative estimate of drug-likeness (QED) is 0.799. The van der Waals surface area contributed by atoms with Crippen LogP contribution in [0.15, 0.2) is 12.3 Å². The summed E-state index contributed by atoms with van der Waals surface area (Å²) in [6.45, 7) is 7.69. The van der Waals surface area contributed by atoms with Gasteiger partial charge in [-0.15, -0.1) is 0 Å². The molecule has 1 saturated carbocycles. The van der Waals surface area contributed by atoms with Gasteiger partial charge < -0.3 is 5.32 Å². The molecule has 3 heteroatoms. The molecule has 1 aromatic rings. The van der Waals surface area contributed by atoms with E-state index >= 15 is 0 Å². The van der Waals surface area contributed by atoms with Crippen LogP contribution >= 0.6 is 0 Å². The van der Waals surface area contributed by atoms with Gasteiger partial charge in [-0.25, -0.2) is 0 Å². The van der Waals surface area contributed by atoms with Crippen molar-refractivity contribution in [3.8, 4) is 0 Å². The van der Waals surface area contributed by atoms with E-state index in [0.717, 1.165) is 24.9 Å². The summed E-state index contributed by atoms with van der Waals surface area (Å²) >= 11 is 0. The first kappa shape index (κ1) is 11.6. The van der Waals surface area contributed by atoms with E-state index < -0.39 is 0 Å². The topological polar surface area (TPSA) is 29.9 Å². The number of rotatable bonds is 6. The summed E-state index contributed by atoms with van der Waals surface area (Å²) in [6, 6.07) is 2.21. The van der Waals surface area contributed by atoms with Crippen LogP contribution in [0.1, 0.15) is 44.7 Å². The predicted octanol–water partition coefficient (Wildman–Crippen LogP) is 2.40. The molecule has 2 atom stereocenters. The standard InChI is InChI=1S/C13H23N3/c1-3-9-16-13(7-8-15-16)12-6-5-11(12)10-14-4-2/h7-8,11-12,14H,3-6,9-10H2,1-2H3. The lowest BCUT2D eigenvalue weighted by Crippen LogP contribution is -2.34. The first-order valence-corrected chi connectivity index (χ1v) is 6.59. The molecule has 90 valence electrons. The molecule has 16 heavy (non-hydrogen) atoms. The fourth-order valence-corrected chi connectivity index (χ4v) is 2.59. The zero-order chi connectivity index (χ0) is 11.4. The Kier molecular flexibility index (Phi) is 3.99. The van der Waals surface area contributed by atoms with E-state index in [-0.39, 0.29) is 0 Å². The van der Waals surface area contributed by atoms with Crippen LogP contribution in [-0.2, 0) is 6.54 Å². The number of nitrogens with zero attached hydrogens (tertiary/aromatic N) is 2. The zero-order valence-electron chi connectivity index (χ0n) is 10.4. The Morgan fingerprint density at radius 1 is 1.44 bits per heavy atom. The smallest absolute Gasteiger partial charge is 0.0492 e. The maximum Gasteiger partial charge on any atom is 0.0492 e. The molecule has 2 unspecified atom stereocenters. The average molecular weight is 221 g/mol.